The summed E-state index contributed by atoms with van der Waals surface area (Å²) in [7, 11) is 0. The third-order valence-corrected chi connectivity index (χ3v) is 3.66. The first-order valence-electron chi connectivity index (χ1n) is 5.72. The van der Waals surface area contributed by atoms with Crippen LogP contribution in [0.2, 0.25) is 0 Å². The quantitative estimate of drug-likeness (QED) is 0.769. The van der Waals surface area contributed by atoms with Gasteiger partial charge in [0.2, 0.25) is 6.41 Å². The topological polar surface area (TPSA) is 53.7 Å². The van der Waals surface area contributed by atoms with E-state index in [1.807, 2.05) is 12.3 Å². The van der Waals surface area contributed by atoms with Crippen molar-refractivity contribution in [3.8, 4) is 0 Å². The van der Waals surface area contributed by atoms with E-state index in [1.165, 1.54) is 0 Å². The Bertz CT molecular complexity index is 576. The van der Waals surface area contributed by atoms with Crippen molar-refractivity contribution >= 4 is 33.8 Å². The highest BCUT2D eigenvalue weighted by Crippen LogP contribution is 2.19. The van der Waals surface area contributed by atoms with Gasteiger partial charge in [0.15, 0.2) is 5.65 Å². The smallest absolute Gasteiger partial charge is 0.209 e. The van der Waals surface area contributed by atoms with Crippen molar-refractivity contribution in [2.24, 2.45) is 0 Å². The lowest BCUT2D eigenvalue weighted by atomic mass is 10.3. The van der Waals surface area contributed by atoms with Crippen molar-refractivity contribution in [1.29, 1.82) is 0 Å². The fourth-order valence-electron chi connectivity index (χ4n) is 2.06. The van der Waals surface area contributed by atoms with Crippen molar-refractivity contribution in [2.45, 2.75) is 0 Å². The fourth-order valence-corrected chi connectivity index (χ4v) is 2.43. The molecular formula is C11H12BrN5O. The standard InChI is InChI=1S/C11H12BrN5O/c12-9-7-13-17-2-1-10(14-11(9)17)16-5-3-15(8-18)4-6-16/h1-2,7-8H,3-6H2. The highest BCUT2D eigenvalue weighted by molar-refractivity contribution is 9.10. The molecule has 1 aliphatic heterocycles. The van der Waals surface area contributed by atoms with Gasteiger partial charge < -0.3 is 9.80 Å². The van der Waals surface area contributed by atoms with Gasteiger partial charge in [0.05, 0.1) is 10.7 Å². The summed E-state index contributed by atoms with van der Waals surface area (Å²) in [5.41, 5.74) is 0.810. The number of piperazine rings is 1. The molecule has 0 unspecified atom stereocenters. The molecule has 0 N–H and O–H groups in total. The molecule has 0 saturated carbocycles. The third-order valence-electron chi connectivity index (χ3n) is 3.10. The molecule has 3 rings (SSSR count). The lowest BCUT2D eigenvalue weighted by molar-refractivity contribution is -0.118. The second-order valence-corrected chi connectivity index (χ2v) is 5.03. The molecular weight excluding hydrogens is 298 g/mol. The number of carbonyl (C=O) groups is 1. The lowest BCUT2D eigenvalue weighted by Gasteiger charge is -2.33. The number of halogens is 1. The molecule has 94 valence electrons. The summed E-state index contributed by atoms with van der Waals surface area (Å²) in [6.07, 6.45) is 4.53. The maximum absolute atomic E-state index is 10.7. The first kappa shape index (κ1) is 11.5. The highest BCUT2D eigenvalue weighted by atomic mass is 79.9. The van der Waals surface area contributed by atoms with Crippen LogP contribution in [-0.2, 0) is 4.79 Å². The van der Waals surface area contributed by atoms with Crippen molar-refractivity contribution < 1.29 is 4.79 Å². The Morgan fingerprint density at radius 2 is 2.06 bits per heavy atom. The van der Waals surface area contributed by atoms with Crippen LogP contribution in [0, 0.1) is 0 Å². The molecule has 0 atom stereocenters. The molecule has 1 aliphatic rings. The van der Waals surface area contributed by atoms with E-state index in [9.17, 15) is 4.79 Å². The number of aromatic nitrogens is 3. The molecule has 7 heteroatoms. The van der Waals surface area contributed by atoms with E-state index in [4.69, 9.17) is 0 Å². The molecule has 3 heterocycles. The Hall–Kier alpha value is -1.63. The summed E-state index contributed by atoms with van der Waals surface area (Å²) in [5, 5.41) is 4.16. The number of amides is 1. The summed E-state index contributed by atoms with van der Waals surface area (Å²) < 4.78 is 2.62. The molecule has 1 amide bonds. The number of hydrogen-bond acceptors (Lipinski definition) is 4. The van der Waals surface area contributed by atoms with Crippen molar-refractivity contribution in [1.82, 2.24) is 19.5 Å². The molecule has 0 aromatic carbocycles. The average Bonchev–Trinajstić information content (AvgIpc) is 2.80. The van der Waals surface area contributed by atoms with E-state index in [0.29, 0.717) is 0 Å². The molecule has 1 fully saturated rings. The number of fused-ring (bicyclic) bond motifs is 1. The van der Waals surface area contributed by atoms with E-state index in [1.54, 1.807) is 15.6 Å². The van der Waals surface area contributed by atoms with Crippen LogP contribution in [0.25, 0.3) is 5.65 Å². The molecule has 6 nitrogen and oxygen atoms in total. The maximum Gasteiger partial charge on any atom is 0.209 e. The van der Waals surface area contributed by atoms with E-state index < -0.39 is 0 Å². The number of anilines is 1. The SMILES string of the molecule is O=CN1CCN(c2ccn3ncc(Br)c3n2)CC1. The van der Waals surface area contributed by atoms with E-state index in [2.05, 4.69) is 30.9 Å². The second kappa shape index (κ2) is 4.56. The van der Waals surface area contributed by atoms with Gasteiger partial charge >= 0.3 is 0 Å². The number of rotatable bonds is 2. The largest absolute Gasteiger partial charge is 0.353 e. The fraction of sp³-hybridized carbons (Fsp3) is 0.364. The average molecular weight is 310 g/mol. The minimum atomic E-state index is 0.747. The Morgan fingerprint density at radius 3 is 2.78 bits per heavy atom. The van der Waals surface area contributed by atoms with Crippen molar-refractivity contribution in [3.63, 3.8) is 0 Å². The zero-order chi connectivity index (χ0) is 12.5. The molecule has 2 aromatic rings. The van der Waals surface area contributed by atoms with Gasteiger partial charge in [0.25, 0.3) is 0 Å². The van der Waals surface area contributed by atoms with Gasteiger partial charge in [-0.25, -0.2) is 9.50 Å². The van der Waals surface area contributed by atoms with Gasteiger partial charge in [-0.3, -0.25) is 4.79 Å². The van der Waals surface area contributed by atoms with Gasteiger partial charge in [-0.1, -0.05) is 0 Å². The summed E-state index contributed by atoms with van der Waals surface area (Å²) in [4.78, 5) is 19.2. The molecule has 0 bridgehead atoms. The summed E-state index contributed by atoms with van der Waals surface area (Å²) in [5.74, 6) is 0.925. The van der Waals surface area contributed by atoms with E-state index in [-0.39, 0.29) is 0 Å². The number of hydrogen-bond donors (Lipinski definition) is 0. The predicted molar refractivity (Wildman–Crippen MR) is 70.5 cm³/mol. The highest BCUT2D eigenvalue weighted by Gasteiger charge is 2.17. The molecule has 0 aliphatic carbocycles. The van der Waals surface area contributed by atoms with Crippen molar-refractivity contribution in [3.05, 3.63) is 22.9 Å². The Balaban J connectivity index is 1.86. The van der Waals surface area contributed by atoms with Crippen LogP contribution in [0.1, 0.15) is 0 Å². The second-order valence-electron chi connectivity index (χ2n) is 4.17. The van der Waals surface area contributed by atoms with Gasteiger partial charge in [0, 0.05) is 32.4 Å². The van der Waals surface area contributed by atoms with Gasteiger partial charge in [-0.2, -0.15) is 5.10 Å². The van der Waals surface area contributed by atoms with Crippen LogP contribution in [-0.4, -0.2) is 52.1 Å². The van der Waals surface area contributed by atoms with Crippen LogP contribution in [0.4, 0.5) is 5.82 Å². The van der Waals surface area contributed by atoms with Crippen LogP contribution < -0.4 is 4.90 Å². The van der Waals surface area contributed by atoms with Crippen LogP contribution in [0.15, 0.2) is 22.9 Å². The molecule has 18 heavy (non-hydrogen) atoms. The van der Waals surface area contributed by atoms with E-state index >= 15 is 0 Å². The molecule has 1 saturated heterocycles. The first-order valence-corrected chi connectivity index (χ1v) is 6.51. The van der Waals surface area contributed by atoms with Gasteiger partial charge in [-0.15, -0.1) is 0 Å². The number of nitrogens with zero attached hydrogens (tertiary/aromatic N) is 5. The summed E-state index contributed by atoms with van der Waals surface area (Å²) in [6.45, 7) is 3.12. The van der Waals surface area contributed by atoms with Crippen LogP contribution >= 0.6 is 15.9 Å². The van der Waals surface area contributed by atoms with Gasteiger partial charge in [-0.05, 0) is 22.0 Å². The van der Waals surface area contributed by atoms with Crippen LogP contribution in [0.3, 0.4) is 0 Å². The summed E-state index contributed by atoms with van der Waals surface area (Å²) in [6, 6.07) is 1.95. The van der Waals surface area contributed by atoms with Gasteiger partial charge in [0.1, 0.15) is 5.82 Å². The molecule has 0 radical (unpaired) electrons. The number of carbonyl (C=O) groups excluding carboxylic acids is 1. The zero-order valence-corrected chi connectivity index (χ0v) is 11.2. The first-order chi connectivity index (χ1) is 8.78. The Morgan fingerprint density at radius 1 is 1.28 bits per heavy atom. The molecule has 2 aromatic heterocycles. The maximum atomic E-state index is 10.7. The molecule has 0 spiro atoms. The summed E-state index contributed by atoms with van der Waals surface area (Å²) >= 11 is 3.43. The Labute approximate surface area is 112 Å². The minimum absolute atomic E-state index is 0.747. The third kappa shape index (κ3) is 1.94. The lowest BCUT2D eigenvalue weighted by Crippen LogP contribution is -2.46. The minimum Gasteiger partial charge on any atom is -0.353 e. The van der Waals surface area contributed by atoms with Crippen LogP contribution in [0.5, 0.6) is 0 Å². The van der Waals surface area contributed by atoms with E-state index in [0.717, 1.165) is 48.5 Å². The van der Waals surface area contributed by atoms with Crippen molar-refractivity contribution in [2.75, 3.05) is 31.1 Å². The Kier molecular flexibility index (Phi) is 2.91. The zero-order valence-electron chi connectivity index (χ0n) is 9.66. The predicted octanol–water partition coefficient (Wildman–Crippen LogP) is 0.770. The normalized spacial score (nSPS) is 16.3. The monoisotopic (exact) mass is 309 g/mol.